The molecule has 0 aliphatic rings. The molecule has 0 aromatic heterocycles. The van der Waals surface area contributed by atoms with Crippen LogP contribution in [0.5, 0.6) is 0 Å². The monoisotopic (exact) mass is 386 g/mol. The van der Waals surface area contributed by atoms with E-state index in [4.69, 9.17) is 0 Å². The highest BCUT2D eigenvalue weighted by atomic mass is 33.1. The van der Waals surface area contributed by atoms with Crippen LogP contribution < -0.4 is 5.30 Å². The zero-order valence-corrected chi connectivity index (χ0v) is 18.1. The minimum atomic E-state index is -2.35. The summed E-state index contributed by atoms with van der Waals surface area (Å²) in [6.07, 6.45) is 12.8. The number of hydrogen-bond donors (Lipinski definition) is 0. The summed E-state index contributed by atoms with van der Waals surface area (Å²) in [6, 6.07) is 10.2. The second-order valence-corrected chi connectivity index (χ2v) is 14.5. The Kier molecular flexibility index (Phi) is 13.3. The summed E-state index contributed by atoms with van der Waals surface area (Å²) < 4.78 is 13.5. The Morgan fingerprint density at radius 2 is 1.17 bits per heavy atom. The quantitative estimate of drug-likeness (QED) is 0.225. The van der Waals surface area contributed by atoms with Crippen molar-refractivity contribution in [2.24, 2.45) is 0 Å². The third-order valence-corrected chi connectivity index (χ3v) is 12.9. The number of hydrogen-bond acceptors (Lipinski definition) is 3. The molecule has 0 unspecified atom stereocenters. The maximum atomic E-state index is 13.5. The van der Waals surface area contributed by atoms with Gasteiger partial charge in [0.15, 0.2) is 0 Å². The molecule has 1 rings (SSSR count). The van der Waals surface area contributed by atoms with Crippen LogP contribution in [0.4, 0.5) is 0 Å². The van der Waals surface area contributed by atoms with Gasteiger partial charge in [0.2, 0.25) is 5.55 Å². The molecule has 1 nitrogen and oxygen atoms in total. The lowest BCUT2D eigenvalue weighted by atomic mass is 10.2. The normalized spacial score (nSPS) is 11.8. The molecule has 0 amide bonds. The second kappa shape index (κ2) is 14.3. The molecule has 0 aliphatic carbocycles. The molecule has 0 bridgehead atoms. The van der Waals surface area contributed by atoms with Gasteiger partial charge in [-0.05, 0) is 25.0 Å². The molecule has 0 heterocycles. The molecule has 24 heavy (non-hydrogen) atoms. The van der Waals surface area contributed by atoms with Crippen molar-refractivity contribution in [2.75, 3.05) is 11.5 Å². The highest BCUT2D eigenvalue weighted by Gasteiger charge is 2.25. The third kappa shape index (κ3) is 9.59. The van der Waals surface area contributed by atoms with Crippen LogP contribution in [0.2, 0.25) is 0 Å². The van der Waals surface area contributed by atoms with Crippen LogP contribution in [0.25, 0.3) is 0 Å². The molecule has 0 radical (unpaired) electrons. The van der Waals surface area contributed by atoms with Crippen LogP contribution in [0, 0.1) is 0 Å². The van der Waals surface area contributed by atoms with Crippen LogP contribution >= 0.6 is 28.3 Å². The first-order chi connectivity index (χ1) is 11.7. The first-order valence-corrected chi connectivity index (χ1v) is 14.6. The van der Waals surface area contributed by atoms with E-state index < -0.39 is 5.55 Å². The summed E-state index contributed by atoms with van der Waals surface area (Å²) >= 11 is 3.44. The number of benzene rings is 1. The van der Waals surface area contributed by atoms with E-state index >= 15 is 0 Å². The fourth-order valence-corrected chi connectivity index (χ4v) is 10.7. The molecule has 0 fully saturated rings. The van der Waals surface area contributed by atoms with Gasteiger partial charge in [0, 0.05) is 16.8 Å². The molecular weight excluding hydrogens is 351 g/mol. The van der Waals surface area contributed by atoms with Crippen molar-refractivity contribution in [2.45, 2.75) is 78.1 Å². The van der Waals surface area contributed by atoms with Crippen molar-refractivity contribution in [3.05, 3.63) is 30.3 Å². The summed E-state index contributed by atoms with van der Waals surface area (Å²) in [5, 5.41) is 1.04. The Balaban J connectivity index is 2.43. The van der Waals surface area contributed by atoms with Crippen LogP contribution in [-0.2, 0) is 4.57 Å². The maximum absolute atomic E-state index is 13.5. The van der Waals surface area contributed by atoms with Gasteiger partial charge in [-0.3, -0.25) is 4.57 Å². The van der Waals surface area contributed by atoms with E-state index in [1.807, 2.05) is 18.2 Å². The van der Waals surface area contributed by atoms with Crippen LogP contribution in [0.3, 0.4) is 0 Å². The minimum Gasteiger partial charge on any atom is -0.295 e. The largest absolute Gasteiger partial charge is 0.295 e. The Labute approximate surface area is 158 Å². The van der Waals surface area contributed by atoms with Crippen molar-refractivity contribution < 1.29 is 4.57 Å². The van der Waals surface area contributed by atoms with Crippen molar-refractivity contribution in [3.8, 4) is 0 Å². The first kappa shape index (κ1) is 22.2. The minimum absolute atomic E-state index is 1.03. The Morgan fingerprint density at radius 3 is 1.62 bits per heavy atom. The van der Waals surface area contributed by atoms with Crippen LogP contribution in [0.1, 0.15) is 78.1 Å². The maximum Gasteiger partial charge on any atom is 0.219 e. The van der Waals surface area contributed by atoms with Crippen molar-refractivity contribution >= 4 is 33.6 Å². The van der Waals surface area contributed by atoms with Crippen molar-refractivity contribution in [1.82, 2.24) is 0 Å². The Morgan fingerprint density at radius 1 is 0.708 bits per heavy atom. The SMILES string of the molecule is CCCCCCCSP(=O)(SCCCCCCC)c1ccccc1. The second-order valence-electron chi connectivity index (χ2n) is 6.33. The van der Waals surface area contributed by atoms with Crippen LogP contribution in [-0.4, -0.2) is 11.5 Å². The molecule has 138 valence electrons. The molecule has 1 aromatic rings. The topological polar surface area (TPSA) is 17.1 Å². The Bertz CT molecular complexity index is 430. The van der Waals surface area contributed by atoms with E-state index in [0.29, 0.717) is 0 Å². The summed E-state index contributed by atoms with van der Waals surface area (Å²) in [4.78, 5) is 0. The average Bonchev–Trinajstić information content (AvgIpc) is 2.62. The van der Waals surface area contributed by atoms with Crippen molar-refractivity contribution in [3.63, 3.8) is 0 Å². The highest BCUT2D eigenvalue weighted by molar-refractivity contribution is 8.92. The van der Waals surface area contributed by atoms with Crippen molar-refractivity contribution in [1.29, 1.82) is 0 Å². The van der Waals surface area contributed by atoms with E-state index in [0.717, 1.165) is 16.8 Å². The summed E-state index contributed by atoms with van der Waals surface area (Å²) in [5.41, 5.74) is -2.35. The van der Waals surface area contributed by atoms with Gasteiger partial charge in [-0.2, -0.15) is 0 Å². The van der Waals surface area contributed by atoms with E-state index in [1.165, 1.54) is 64.2 Å². The molecule has 0 spiro atoms. The number of rotatable bonds is 15. The molecule has 4 heteroatoms. The van der Waals surface area contributed by atoms with Gasteiger partial charge in [0.1, 0.15) is 0 Å². The molecule has 0 N–H and O–H groups in total. The summed E-state index contributed by atoms with van der Waals surface area (Å²) in [5.74, 6) is 2.05. The van der Waals surface area contributed by atoms with E-state index in [1.54, 1.807) is 22.8 Å². The molecule has 0 saturated heterocycles. The van der Waals surface area contributed by atoms with Gasteiger partial charge in [-0.25, -0.2) is 0 Å². The molecule has 1 aromatic carbocycles. The van der Waals surface area contributed by atoms with Crippen LogP contribution in [0.15, 0.2) is 30.3 Å². The van der Waals surface area contributed by atoms with Gasteiger partial charge < -0.3 is 0 Å². The van der Waals surface area contributed by atoms with Gasteiger partial charge in [-0.15, -0.1) is 0 Å². The lowest BCUT2D eigenvalue weighted by Gasteiger charge is -2.17. The number of unbranched alkanes of at least 4 members (excludes halogenated alkanes) is 8. The smallest absolute Gasteiger partial charge is 0.219 e. The predicted octanol–water partition coefficient (Wildman–Crippen LogP) is 7.91. The third-order valence-electron chi connectivity index (χ3n) is 4.09. The highest BCUT2D eigenvalue weighted by Crippen LogP contribution is 2.68. The van der Waals surface area contributed by atoms with E-state index in [2.05, 4.69) is 26.0 Å². The fraction of sp³-hybridized carbons (Fsp3) is 0.700. The molecule has 0 atom stereocenters. The van der Waals surface area contributed by atoms with E-state index in [-0.39, 0.29) is 0 Å². The first-order valence-electron chi connectivity index (χ1n) is 9.67. The fourth-order valence-electron chi connectivity index (χ4n) is 2.58. The standard InChI is InChI=1S/C20H35OPS2/c1-3-5-7-9-14-18-23-22(21,20-16-12-11-13-17-20)24-19-15-10-8-6-4-2/h11-13,16-17H,3-10,14-15,18-19H2,1-2H3. The van der Waals surface area contributed by atoms with Gasteiger partial charge in [-0.1, -0.05) is 106 Å². The average molecular weight is 387 g/mol. The predicted molar refractivity (Wildman–Crippen MR) is 116 cm³/mol. The van der Waals surface area contributed by atoms with Gasteiger partial charge in [0.25, 0.3) is 0 Å². The zero-order chi connectivity index (χ0) is 17.5. The zero-order valence-electron chi connectivity index (χ0n) is 15.5. The Hall–Kier alpha value is 0.150. The summed E-state index contributed by atoms with van der Waals surface area (Å²) in [7, 11) is 0. The van der Waals surface area contributed by atoms with Gasteiger partial charge in [0.05, 0.1) is 0 Å². The summed E-state index contributed by atoms with van der Waals surface area (Å²) in [6.45, 7) is 4.49. The lowest BCUT2D eigenvalue weighted by Crippen LogP contribution is -2.00. The molecule has 0 aliphatic heterocycles. The molecular formula is C20H35OPS2. The van der Waals surface area contributed by atoms with E-state index in [9.17, 15) is 4.57 Å². The molecule has 0 saturated carbocycles. The lowest BCUT2D eigenvalue weighted by molar-refractivity contribution is 0.598. The van der Waals surface area contributed by atoms with Gasteiger partial charge >= 0.3 is 0 Å².